The Morgan fingerprint density at radius 3 is 2.48 bits per heavy atom. The lowest BCUT2D eigenvalue weighted by molar-refractivity contribution is 0.102. The van der Waals surface area contributed by atoms with Gasteiger partial charge in [0.05, 0.1) is 17.7 Å². The summed E-state index contributed by atoms with van der Waals surface area (Å²) in [7, 11) is -2.12. The second-order valence-electron chi connectivity index (χ2n) is 6.28. The van der Waals surface area contributed by atoms with E-state index < -0.39 is 15.9 Å². The third-order valence-electron chi connectivity index (χ3n) is 4.15. The van der Waals surface area contributed by atoms with Crippen LogP contribution in [0, 0.1) is 6.92 Å². The minimum atomic E-state index is -3.62. The number of ether oxygens (including phenoxy) is 1. The number of amides is 1. The molecule has 0 bridgehead atoms. The molecule has 7 nitrogen and oxygen atoms in total. The highest BCUT2D eigenvalue weighted by molar-refractivity contribution is 7.89. The number of aryl methyl sites for hydroxylation is 1. The van der Waals surface area contributed by atoms with Crippen LogP contribution >= 0.6 is 12.4 Å². The number of carbonyl (C=O) groups excluding carboxylic acids is 1. The molecule has 0 aliphatic heterocycles. The maximum atomic E-state index is 12.6. The summed E-state index contributed by atoms with van der Waals surface area (Å²) in [5.74, 6) is 0.106. The third-order valence-corrected chi connectivity index (χ3v) is 5.67. The average molecular weight is 412 g/mol. The number of halogens is 1. The molecule has 2 aromatic carbocycles. The van der Waals surface area contributed by atoms with Crippen molar-refractivity contribution in [3.63, 3.8) is 0 Å². The van der Waals surface area contributed by atoms with E-state index in [1.807, 2.05) is 0 Å². The molecular weight excluding hydrogens is 390 g/mol. The van der Waals surface area contributed by atoms with E-state index in [0.717, 1.165) is 12.8 Å². The van der Waals surface area contributed by atoms with Gasteiger partial charge in [-0.05, 0) is 55.7 Å². The van der Waals surface area contributed by atoms with Crippen LogP contribution in [0.1, 0.15) is 28.8 Å². The maximum Gasteiger partial charge on any atom is 0.255 e. The summed E-state index contributed by atoms with van der Waals surface area (Å²) in [6.45, 7) is 1.75. The first-order valence-corrected chi connectivity index (χ1v) is 9.66. The molecule has 1 aliphatic rings. The van der Waals surface area contributed by atoms with E-state index in [9.17, 15) is 13.2 Å². The molecule has 0 aromatic heterocycles. The van der Waals surface area contributed by atoms with Crippen molar-refractivity contribution in [2.75, 3.05) is 18.2 Å². The summed E-state index contributed by atoms with van der Waals surface area (Å²) in [6, 6.07) is 9.42. The van der Waals surface area contributed by atoms with Crippen LogP contribution in [-0.2, 0) is 10.0 Å². The van der Waals surface area contributed by atoms with Crippen molar-refractivity contribution < 1.29 is 17.9 Å². The van der Waals surface area contributed by atoms with Gasteiger partial charge in [0.1, 0.15) is 5.75 Å². The van der Waals surface area contributed by atoms with Gasteiger partial charge in [0.25, 0.3) is 5.91 Å². The van der Waals surface area contributed by atoms with Crippen molar-refractivity contribution in [3.05, 3.63) is 47.5 Å². The lowest BCUT2D eigenvalue weighted by Crippen LogP contribution is -2.26. The van der Waals surface area contributed by atoms with Gasteiger partial charge in [-0.25, -0.2) is 13.1 Å². The molecule has 2 aromatic rings. The van der Waals surface area contributed by atoms with Crippen molar-refractivity contribution in [1.82, 2.24) is 4.72 Å². The molecule has 0 heterocycles. The number of rotatable bonds is 6. The summed E-state index contributed by atoms with van der Waals surface area (Å²) in [5.41, 5.74) is 7.70. The molecule has 9 heteroatoms. The van der Waals surface area contributed by atoms with Crippen LogP contribution < -0.4 is 20.5 Å². The van der Waals surface area contributed by atoms with Gasteiger partial charge in [0, 0.05) is 17.3 Å². The molecule has 0 saturated heterocycles. The third kappa shape index (κ3) is 4.91. The van der Waals surface area contributed by atoms with E-state index in [-0.39, 0.29) is 28.9 Å². The summed E-state index contributed by atoms with van der Waals surface area (Å²) in [5, 5.41) is 2.73. The van der Waals surface area contributed by atoms with E-state index in [2.05, 4.69) is 10.0 Å². The minimum Gasteiger partial charge on any atom is -0.495 e. The molecule has 0 radical (unpaired) electrons. The van der Waals surface area contributed by atoms with E-state index in [1.165, 1.54) is 19.2 Å². The summed E-state index contributed by atoms with van der Waals surface area (Å²) in [4.78, 5) is 12.7. The second-order valence-corrected chi connectivity index (χ2v) is 8.00. The topological polar surface area (TPSA) is 111 Å². The van der Waals surface area contributed by atoms with Crippen LogP contribution in [0.5, 0.6) is 5.75 Å². The molecule has 0 atom stereocenters. The smallest absolute Gasteiger partial charge is 0.255 e. The van der Waals surface area contributed by atoms with Gasteiger partial charge in [-0.2, -0.15) is 0 Å². The number of anilines is 2. The molecule has 0 unspecified atom stereocenters. The maximum absolute atomic E-state index is 12.6. The summed E-state index contributed by atoms with van der Waals surface area (Å²) >= 11 is 0. The molecule has 1 aliphatic carbocycles. The molecule has 1 saturated carbocycles. The number of hydrogen-bond acceptors (Lipinski definition) is 5. The Bertz CT molecular complexity index is 959. The van der Waals surface area contributed by atoms with E-state index >= 15 is 0 Å². The largest absolute Gasteiger partial charge is 0.495 e. The van der Waals surface area contributed by atoms with Gasteiger partial charge < -0.3 is 15.8 Å². The van der Waals surface area contributed by atoms with Gasteiger partial charge in [0.15, 0.2) is 0 Å². The Morgan fingerprint density at radius 2 is 1.89 bits per heavy atom. The van der Waals surface area contributed by atoms with Crippen molar-refractivity contribution in [3.8, 4) is 5.75 Å². The van der Waals surface area contributed by atoms with Crippen LogP contribution in [0.3, 0.4) is 0 Å². The number of methoxy groups -OCH3 is 1. The van der Waals surface area contributed by atoms with Crippen LogP contribution in [0.4, 0.5) is 11.4 Å². The predicted molar refractivity (Wildman–Crippen MR) is 107 cm³/mol. The first kappa shape index (κ1) is 21.0. The Balaban J connectivity index is 0.00000261. The lowest BCUT2D eigenvalue weighted by atomic mass is 10.1. The van der Waals surface area contributed by atoms with E-state index in [4.69, 9.17) is 10.5 Å². The highest BCUT2D eigenvalue weighted by atomic mass is 35.5. The van der Waals surface area contributed by atoms with Gasteiger partial charge in [-0.15, -0.1) is 12.4 Å². The molecule has 1 fully saturated rings. The zero-order valence-corrected chi connectivity index (χ0v) is 16.6. The molecular formula is C18H22ClN3O4S. The standard InChI is InChI=1S/C18H21N3O4S.ClH/c1-11-3-7-14(26(23,24)21-12-4-5-12)10-15(11)18(22)20-13-6-8-17(25-2)16(19)9-13;/h3,6-10,12,21H,4-5,19H2,1-2H3,(H,20,22);1H. The number of carbonyl (C=O) groups is 1. The zero-order valence-electron chi connectivity index (χ0n) is 15.0. The second kappa shape index (κ2) is 8.16. The molecule has 3 rings (SSSR count). The van der Waals surface area contributed by atoms with E-state index in [1.54, 1.807) is 31.2 Å². The van der Waals surface area contributed by atoms with Gasteiger partial charge >= 0.3 is 0 Å². The van der Waals surface area contributed by atoms with Crippen LogP contribution in [0.15, 0.2) is 41.3 Å². The number of nitrogens with one attached hydrogen (secondary N) is 2. The molecule has 4 N–H and O–H groups in total. The fourth-order valence-corrected chi connectivity index (χ4v) is 3.84. The highest BCUT2D eigenvalue weighted by Gasteiger charge is 2.28. The van der Waals surface area contributed by atoms with Gasteiger partial charge in [0.2, 0.25) is 10.0 Å². The average Bonchev–Trinajstić information content (AvgIpc) is 3.38. The number of sulfonamides is 1. The Labute approximate surface area is 164 Å². The first-order chi connectivity index (χ1) is 12.3. The molecule has 1 amide bonds. The Kier molecular flexibility index (Phi) is 6.35. The van der Waals surface area contributed by atoms with Crippen molar-refractivity contribution in [1.29, 1.82) is 0 Å². The number of nitrogens with two attached hydrogens (primary N) is 1. The fourth-order valence-electron chi connectivity index (χ4n) is 2.51. The van der Waals surface area contributed by atoms with Crippen molar-refractivity contribution in [2.45, 2.75) is 30.7 Å². The van der Waals surface area contributed by atoms with Crippen molar-refractivity contribution >= 4 is 39.7 Å². The van der Waals surface area contributed by atoms with E-state index in [0.29, 0.717) is 22.7 Å². The van der Waals surface area contributed by atoms with Crippen LogP contribution in [0.25, 0.3) is 0 Å². The zero-order chi connectivity index (χ0) is 18.9. The molecule has 146 valence electrons. The number of hydrogen-bond donors (Lipinski definition) is 3. The lowest BCUT2D eigenvalue weighted by Gasteiger charge is -2.12. The van der Waals surface area contributed by atoms with Crippen LogP contribution in [0.2, 0.25) is 0 Å². The quantitative estimate of drug-likeness (QED) is 0.633. The van der Waals surface area contributed by atoms with Crippen molar-refractivity contribution in [2.24, 2.45) is 0 Å². The normalized spacial score (nSPS) is 13.6. The fraction of sp³-hybridized carbons (Fsp3) is 0.278. The summed E-state index contributed by atoms with van der Waals surface area (Å²) < 4.78 is 32.4. The van der Waals surface area contributed by atoms with Gasteiger partial charge in [-0.1, -0.05) is 6.07 Å². The highest BCUT2D eigenvalue weighted by Crippen LogP contribution is 2.26. The SMILES string of the molecule is COc1ccc(NC(=O)c2cc(S(=O)(=O)NC3CC3)ccc2C)cc1N.Cl. The Hall–Kier alpha value is -2.29. The predicted octanol–water partition coefficient (Wildman–Crippen LogP) is 2.70. The minimum absolute atomic E-state index is 0. The van der Waals surface area contributed by atoms with Gasteiger partial charge in [-0.3, -0.25) is 4.79 Å². The monoisotopic (exact) mass is 411 g/mol. The Morgan fingerprint density at radius 1 is 1.19 bits per heavy atom. The number of nitrogen functional groups attached to an aromatic ring is 1. The molecule has 27 heavy (non-hydrogen) atoms. The van der Waals surface area contributed by atoms with Crippen LogP contribution in [-0.4, -0.2) is 27.5 Å². The summed E-state index contributed by atoms with van der Waals surface area (Å²) in [6.07, 6.45) is 1.69. The molecule has 0 spiro atoms. The first-order valence-electron chi connectivity index (χ1n) is 8.18. The number of benzene rings is 2.